The molecule has 0 aromatic carbocycles. The molecule has 108 valence electrons. The van der Waals surface area contributed by atoms with Gasteiger partial charge in [-0.15, -0.1) is 0 Å². The maximum atomic E-state index is 3.78. The quantitative estimate of drug-likeness (QED) is 0.334. The van der Waals surface area contributed by atoms with E-state index in [9.17, 15) is 0 Å². The average molecular weight is 334 g/mol. The van der Waals surface area contributed by atoms with Crippen LogP contribution >= 0.6 is 0 Å². The van der Waals surface area contributed by atoms with E-state index in [1.807, 2.05) is 0 Å². The molecule has 0 aromatic rings. The smallest absolute Gasteiger partial charge is 2.00 e. The van der Waals surface area contributed by atoms with Gasteiger partial charge in [0.1, 0.15) is 0 Å². The van der Waals surface area contributed by atoms with Crippen molar-refractivity contribution in [1.29, 1.82) is 0 Å². The minimum atomic E-state index is 0. The van der Waals surface area contributed by atoms with Crippen LogP contribution in [0.4, 0.5) is 0 Å². The van der Waals surface area contributed by atoms with E-state index in [0.29, 0.717) is 0 Å². The van der Waals surface area contributed by atoms with E-state index in [4.69, 9.17) is 0 Å². The van der Waals surface area contributed by atoms with Gasteiger partial charge in [0.05, 0.1) is 0 Å². The van der Waals surface area contributed by atoms with Crippen molar-refractivity contribution in [1.82, 2.24) is 0 Å². The Morgan fingerprint density at radius 2 is 0.833 bits per heavy atom. The van der Waals surface area contributed by atoms with E-state index in [1.54, 1.807) is 0 Å². The molecule has 1 nitrogen and oxygen atoms in total. The predicted octanol–water partition coefficient (Wildman–Crippen LogP) is 6.24. The number of hydrogen-bond acceptors (Lipinski definition) is 0. The average Bonchev–Trinajstić information content (AvgIpc) is 2.31. The van der Waals surface area contributed by atoms with E-state index < -0.39 is 0 Å². The van der Waals surface area contributed by atoms with Crippen molar-refractivity contribution < 1.29 is 31.7 Å². The van der Waals surface area contributed by atoms with Crippen LogP contribution in [0, 0.1) is 13.8 Å². The summed E-state index contributed by atoms with van der Waals surface area (Å²) in [6.07, 6.45) is 16.0. The molecule has 0 saturated carbocycles. The molecule has 0 aliphatic heterocycles. The standard InChI is InChI=1S/2C8H17.O.Zr/c2*1-3-5-7-8-6-4-2;;/h2*1,3-8H2,2H3;;/q2*-1;-2;+4. The molecule has 2 heteroatoms. The SMILES string of the molecule is [CH2-]CCCCCCC.[CH2-]CCCCCCC.[O-2].[Zr+4]. The van der Waals surface area contributed by atoms with Gasteiger partial charge in [0.25, 0.3) is 0 Å². The van der Waals surface area contributed by atoms with Crippen LogP contribution in [-0.4, -0.2) is 0 Å². The summed E-state index contributed by atoms with van der Waals surface area (Å²) in [7, 11) is 0. The minimum Gasteiger partial charge on any atom is -2.00 e. The molecule has 0 aliphatic carbocycles. The van der Waals surface area contributed by atoms with Gasteiger partial charge in [0.15, 0.2) is 0 Å². The maximum Gasteiger partial charge on any atom is 4.00 e. The molecule has 0 spiro atoms. The zero-order chi connectivity index (χ0) is 12.5. The topological polar surface area (TPSA) is 28.5 Å². The number of hydrogen-bond donors (Lipinski definition) is 0. The Labute approximate surface area is 136 Å². The Morgan fingerprint density at radius 3 is 1.06 bits per heavy atom. The van der Waals surface area contributed by atoms with Crippen LogP contribution in [0.15, 0.2) is 0 Å². The van der Waals surface area contributed by atoms with Crippen molar-refractivity contribution >= 4 is 0 Å². The summed E-state index contributed by atoms with van der Waals surface area (Å²) < 4.78 is 0. The summed E-state index contributed by atoms with van der Waals surface area (Å²) in [5, 5.41) is 0. The second-order valence-electron chi connectivity index (χ2n) is 4.54. The molecule has 0 unspecified atom stereocenters. The van der Waals surface area contributed by atoms with Crippen molar-refractivity contribution in [3.8, 4) is 0 Å². The molecule has 0 atom stereocenters. The summed E-state index contributed by atoms with van der Waals surface area (Å²) in [6, 6.07) is 0. The third-order valence-corrected chi connectivity index (χ3v) is 2.71. The summed E-state index contributed by atoms with van der Waals surface area (Å²) in [6.45, 7) is 12.0. The van der Waals surface area contributed by atoms with Crippen LogP contribution in [0.2, 0.25) is 0 Å². The minimum absolute atomic E-state index is 0. The second-order valence-corrected chi connectivity index (χ2v) is 4.54. The molecule has 18 heavy (non-hydrogen) atoms. The van der Waals surface area contributed by atoms with E-state index in [-0.39, 0.29) is 31.7 Å². The molecule has 0 aromatic heterocycles. The first-order valence-corrected chi connectivity index (χ1v) is 7.41. The van der Waals surface area contributed by atoms with Gasteiger partial charge in [-0.2, -0.15) is 12.8 Å². The Hall–Kier alpha value is 0.843. The Balaban J connectivity index is -0.0000000980. The third-order valence-electron chi connectivity index (χ3n) is 2.71. The van der Waals surface area contributed by atoms with Crippen molar-refractivity contribution in [2.24, 2.45) is 0 Å². The largest absolute Gasteiger partial charge is 4.00 e. The van der Waals surface area contributed by atoms with Crippen molar-refractivity contribution in [2.75, 3.05) is 0 Å². The van der Waals surface area contributed by atoms with E-state index in [1.165, 1.54) is 64.2 Å². The summed E-state index contributed by atoms with van der Waals surface area (Å²) in [5.74, 6) is 0. The normalized spacial score (nSPS) is 8.67. The molecule has 0 N–H and O–H groups in total. The molecule has 0 fully saturated rings. The van der Waals surface area contributed by atoms with Gasteiger partial charge in [0, 0.05) is 0 Å². The van der Waals surface area contributed by atoms with Crippen LogP contribution < -0.4 is 0 Å². The van der Waals surface area contributed by atoms with Gasteiger partial charge in [-0.25, -0.2) is 0 Å². The fraction of sp³-hybridized carbons (Fsp3) is 0.875. The van der Waals surface area contributed by atoms with Crippen LogP contribution in [0.25, 0.3) is 0 Å². The first-order chi connectivity index (χ1) is 7.83. The van der Waals surface area contributed by atoms with Gasteiger partial charge in [-0.05, 0) is 0 Å². The first-order valence-electron chi connectivity index (χ1n) is 7.41. The first kappa shape index (κ1) is 27.2. The number of unbranched alkanes of at least 4 members (excludes halogenated alkanes) is 10. The molecular formula is C16H34OZr. The maximum absolute atomic E-state index is 3.78. The van der Waals surface area contributed by atoms with Gasteiger partial charge in [0.2, 0.25) is 0 Å². The molecule has 0 saturated heterocycles. The van der Waals surface area contributed by atoms with Gasteiger partial charge >= 0.3 is 26.2 Å². The van der Waals surface area contributed by atoms with Crippen LogP contribution in [0.5, 0.6) is 0 Å². The second kappa shape index (κ2) is 30.7. The molecule has 0 radical (unpaired) electrons. The number of rotatable bonds is 10. The Bertz CT molecular complexity index is 73.1. The summed E-state index contributed by atoms with van der Waals surface area (Å²) in [4.78, 5) is 0. The molecular weight excluding hydrogens is 299 g/mol. The predicted molar refractivity (Wildman–Crippen MR) is 78.2 cm³/mol. The molecule has 0 aliphatic rings. The van der Waals surface area contributed by atoms with Gasteiger partial charge in [-0.3, -0.25) is 0 Å². The third kappa shape index (κ3) is 36.0. The summed E-state index contributed by atoms with van der Waals surface area (Å²) in [5.41, 5.74) is 0. The zero-order valence-electron chi connectivity index (χ0n) is 12.8. The molecule has 0 rings (SSSR count). The van der Waals surface area contributed by atoms with Gasteiger partial charge in [-0.1, -0.05) is 78.1 Å². The van der Waals surface area contributed by atoms with Crippen molar-refractivity contribution in [3.63, 3.8) is 0 Å². The molecule has 0 heterocycles. The van der Waals surface area contributed by atoms with Crippen LogP contribution in [0.1, 0.15) is 90.9 Å². The van der Waals surface area contributed by atoms with Crippen molar-refractivity contribution in [2.45, 2.75) is 90.9 Å². The van der Waals surface area contributed by atoms with Crippen molar-refractivity contribution in [3.05, 3.63) is 13.8 Å². The monoisotopic (exact) mass is 332 g/mol. The van der Waals surface area contributed by atoms with E-state index >= 15 is 0 Å². The van der Waals surface area contributed by atoms with Gasteiger partial charge < -0.3 is 19.3 Å². The Morgan fingerprint density at radius 1 is 0.556 bits per heavy atom. The fourth-order valence-electron chi connectivity index (χ4n) is 1.56. The van der Waals surface area contributed by atoms with E-state index in [2.05, 4.69) is 27.7 Å². The fourth-order valence-corrected chi connectivity index (χ4v) is 1.56. The van der Waals surface area contributed by atoms with Crippen LogP contribution in [0.3, 0.4) is 0 Å². The molecule has 0 amide bonds. The summed E-state index contributed by atoms with van der Waals surface area (Å²) >= 11 is 0. The molecule has 0 bridgehead atoms. The Kier molecular flexibility index (Phi) is 46.4. The van der Waals surface area contributed by atoms with Crippen LogP contribution in [-0.2, 0) is 31.7 Å². The van der Waals surface area contributed by atoms with E-state index in [0.717, 1.165) is 12.8 Å². The zero-order valence-corrected chi connectivity index (χ0v) is 15.3.